The Labute approximate surface area is 164 Å². The van der Waals surface area contributed by atoms with Gasteiger partial charge in [-0.1, -0.05) is 30.3 Å². The monoisotopic (exact) mass is 380 g/mol. The lowest BCUT2D eigenvalue weighted by molar-refractivity contribution is -0.127. The zero-order valence-electron chi connectivity index (χ0n) is 15.4. The molecule has 1 heterocycles. The van der Waals surface area contributed by atoms with Crippen molar-refractivity contribution in [1.82, 2.24) is 5.32 Å². The van der Waals surface area contributed by atoms with E-state index in [1.807, 2.05) is 48.7 Å². The van der Waals surface area contributed by atoms with Gasteiger partial charge in [-0.15, -0.1) is 11.8 Å². The van der Waals surface area contributed by atoms with Gasteiger partial charge >= 0.3 is 0 Å². The molecule has 0 aromatic heterocycles. The van der Waals surface area contributed by atoms with Gasteiger partial charge in [-0.25, -0.2) is 0 Å². The van der Waals surface area contributed by atoms with Crippen LogP contribution in [0.2, 0.25) is 0 Å². The highest BCUT2D eigenvalue weighted by Crippen LogP contribution is 2.41. The van der Waals surface area contributed by atoms with Crippen molar-refractivity contribution in [3.05, 3.63) is 60.2 Å². The van der Waals surface area contributed by atoms with Crippen molar-refractivity contribution in [3.8, 4) is 0 Å². The predicted octanol–water partition coefficient (Wildman–Crippen LogP) is 4.03. The number of carbonyl (C=O) groups is 2. The molecule has 1 aliphatic carbocycles. The van der Waals surface area contributed by atoms with Crippen molar-refractivity contribution in [3.63, 3.8) is 0 Å². The number of benzene rings is 2. The Hall–Kier alpha value is -2.27. The minimum Gasteiger partial charge on any atom is -0.349 e. The van der Waals surface area contributed by atoms with Gasteiger partial charge in [0.15, 0.2) is 0 Å². The molecule has 2 atom stereocenters. The average Bonchev–Trinajstić information content (AvgIpc) is 3.48. The topological polar surface area (TPSA) is 49.4 Å². The standard InChI is InChI=1S/C22H24N2O2S/c1-27-19-11-9-18(10-12-19)24-14-17(13-20(24)25)22(26)23-21(16-7-8-16)15-5-3-2-4-6-15/h2-6,9-12,16-17,21H,7-8,13-14H2,1H3,(H,23,26)/t17-,21-/m1/s1. The molecular weight excluding hydrogens is 356 g/mol. The molecule has 2 fully saturated rings. The summed E-state index contributed by atoms with van der Waals surface area (Å²) in [5, 5.41) is 3.23. The van der Waals surface area contributed by atoms with Crippen molar-refractivity contribution in [2.24, 2.45) is 11.8 Å². The fraction of sp³-hybridized carbons (Fsp3) is 0.364. The van der Waals surface area contributed by atoms with E-state index in [-0.39, 0.29) is 30.2 Å². The molecule has 5 heteroatoms. The van der Waals surface area contributed by atoms with Crippen LogP contribution in [-0.4, -0.2) is 24.6 Å². The van der Waals surface area contributed by atoms with Crippen LogP contribution in [-0.2, 0) is 9.59 Å². The minimum atomic E-state index is -0.289. The Morgan fingerprint density at radius 2 is 1.81 bits per heavy atom. The number of anilines is 1. The smallest absolute Gasteiger partial charge is 0.227 e. The lowest BCUT2D eigenvalue weighted by Gasteiger charge is -2.21. The molecule has 2 amide bonds. The summed E-state index contributed by atoms with van der Waals surface area (Å²) < 4.78 is 0. The second-order valence-corrected chi connectivity index (χ2v) is 8.22. The van der Waals surface area contributed by atoms with Gasteiger partial charge in [-0.05, 0) is 54.8 Å². The number of nitrogens with one attached hydrogen (secondary N) is 1. The highest BCUT2D eigenvalue weighted by molar-refractivity contribution is 7.98. The number of thioether (sulfide) groups is 1. The molecule has 2 aromatic rings. The van der Waals surface area contributed by atoms with Gasteiger partial charge < -0.3 is 10.2 Å². The normalized spacial score (nSPS) is 20.6. The van der Waals surface area contributed by atoms with Gasteiger partial charge in [0, 0.05) is 23.5 Å². The highest BCUT2D eigenvalue weighted by atomic mass is 32.2. The van der Waals surface area contributed by atoms with E-state index >= 15 is 0 Å². The summed E-state index contributed by atoms with van der Waals surface area (Å²) in [7, 11) is 0. The second kappa shape index (κ2) is 7.77. The first-order valence-electron chi connectivity index (χ1n) is 9.45. The van der Waals surface area contributed by atoms with Crippen LogP contribution >= 0.6 is 11.8 Å². The Kier molecular flexibility index (Phi) is 5.21. The summed E-state index contributed by atoms with van der Waals surface area (Å²) in [4.78, 5) is 28.3. The lowest BCUT2D eigenvalue weighted by Crippen LogP contribution is -2.36. The van der Waals surface area contributed by atoms with E-state index in [4.69, 9.17) is 0 Å². The molecule has 27 heavy (non-hydrogen) atoms. The third-order valence-electron chi connectivity index (χ3n) is 5.43. The maximum absolute atomic E-state index is 12.9. The molecule has 1 aliphatic heterocycles. The molecule has 0 unspecified atom stereocenters. The number of carbonyl (C=O) groups excluding carboxylic acids is 2. The minimum absolute atomic E-state index is 0.00710. The molecule has 4 rings (SSSR count). The summed E-state index contributed by atoms with van der Waals surface area (Å²) in [6.07, 6.45) is 4.61. The van der Waals surface area contributed by atoms with Crippen molar-refractivity contribution in [2.75, 3.05) is 17.7 Å². The number of hydrogen-bond donors (Lipinski definition) is 1. The van der Waals surface area contributed by atoms with Crippen LogP contribution in [0.25, 0.3) is 0 Å². The molecule has 2 aliphatic rings. The Morgan fingerprint density at radius 3 is 2.44 bits per heavy atom. The summed E-state index contributed by atoms with van der Waals surface area (Å²) >= 11 is 1.67. The van der Waals surface area contributed by atoms with E-state index < -0.39 is 0 Å². The third-order valence-corrected chi connectivity index (χ3v) is 6.17. The van der Waals surface area contributed by atoms with Gasteiger partial charge in [0.05, 0.1) is 12.0 Å². The molecule has 1 N–H and O–H groups in total. The molecule has 1 saturated heterocycles. The Morgan fingerprint density at radius 1 is 1.11 bits per heavy atom. The molecule has 0 bridgehead atoms. The predicted molar refractivity (Wildman–Crippen MR) is 109 cm³/mol. The molecule has 2 aromatic carbocycles. The van der Waals surface area contributed by atoms with Crippen molar-refractivity contribution in [1.29, 1.82) is 0 Å². The Bertz CT molecular complexity index is 818. The second-order valence-electron chi connectivity index (χ2n) is 7.34. The van der Waals surface area contributed by atoms with Gasteiger partial charge in [-0.3, -0.25) is 9.59 Å². The van der Waals surface area contributed by atoms with E-state index in [1.165, 1.54) is 0 Å². The van der Waals surface area contributed by atoms with Crippen LogP contribution in [0.5, 0.6) is 0 Å². The molecule has 4 nitrogen and oxygen atoms in total. The van der Waals surface area contributed by atoms with E-state index in [1.54, 1.807) is 16.7 Å². The van der Waals surface area contributed by atoms with E-state index in [2.05, 4.69) is 17.4 Å². The largest absolute Gasteiger partial charge is 0.349 e. The lowest BCUT2D eigenvalue weighted by atomic mass is 10.0. The van der Waals surface area contributed by atoms with Crippen LogP contribution in [0.1, 0.15) is 30.9 Å². The number of hydrogen-bond acceptors (Lipinski definition) is 3. The van der Waals surface area contributed by atoms with Gasteiger partial charge in [0.1, 0.15) is 0 Å². The molecular formula is C22H24N2O2S. The first kappa shape index (κ1) is 18.1. The van der Waals surface area contributed by atoms with Crippen molar-refractivity contribution < 1.29 is 9.59 Å². The maximum Gasteiger partial charge on any atom is 0.227 e. The van der Waals surface area contributed by atoms with Crippen molar-refractivity contribution in [2.45, 2.75) is 30.2 Å². The van der Waals surface area contributed by atoms with Gasteiger partial charge in [0.25, 0.3) is 0 Å². The molecule has 0 radical (unpaired) electrons. The third kappa shape index (κ3) is 4.03. The molecule has 0 spiro atoms. The Balaban J connectivity index is 1.44. The summed E-state index contributed by atoms with van der Waals surface area (Å²) in [5.74, 6) is 0.244. The van der Waals surface area contributed by atoms with Crippen LogP contribution in [0, 0.1) is 11.8 Å². The van der Waals surface area contributed by atoms with Gasteiger partial charge in [0.2, 0.25) is 11.8 Å². The van der Waals surface area contributed by atoms with Crippen molar-refractivity contribution >= 4 is 29.3 Å². The number of rotatable bonds is 6. The van der Waals surface area contributed by atoms with Crippen LogP contribution in [0.3, 0.4) is 0 Å². The summed E-state index contributed by atoms with van der Waals surface area (Å²) in [6, 6.07) is 18.2. The average molecular weight is 381 g/mol. The van der Waals surface area contributed by atoms with E-state index in [0.29, 0.717) is 12.5 Å². The highest BCUT2D eigenvalue weighted by Gasteiger charge is 2.39. The first-order chi connectivity index (χ1) is 13.2. The van der Waals surface area contributed by atoms with Gasteiger partial charge in [-0.2, -0.15) is 0 Å². The number of nitrogens with zero attached hydrogens (tertiary/aromatic N) is 1. The maximum atomic E-state index is 12.9. The fourth-order valence-corrected chi connectivity index (χ4v) is 4.14. The van der Waals surface area contributed by atoms with Crippen LogP contribution < -0.4 is 10.2 Å². The zero-order chi connectivity index (χ0) is 18.8. The van der Waals surface area contributed by atoms with E-state index in [0.717, 1.165) is 29.0 Å². The van der Waals surface area contributed by atoms with E-state index in [9.17, 15) is 9.59 Å². The fourth-order valence-electron chi connectivity index (χ4n) is 3.73. The van der Waals surface area contributed by atoms with Crippen LogP contribution in [0.4, 0.5) is 5.69 Å². The number of amides is 2. The molecule has 140 valence electrons. The summed E-state index contributed by atoms with van der Waals surface area (Å²) in [6.45, 7) is 0.454. The SMILES string of the molecule is CSc1ccc(N2C[C@H](C(=O)N[C@H](c3ccccc3)C3CC3)CC2=O)cc1. The first-order valence-corrected chi connectivity index (χ1v) is 10.7. The summed E-state index contributed by atoms with van der Waals surface area (Å²) in [5.41, 5.74) is 2.03. The quantitative estimate of drug-likeness (QED) is 0.770. The van der Waals surface area contributed by atoms with Crippen LogP contribution in [0.15, 0.2) is 59.5 Å². The molecule has 1 saturated carbocycles. The zero-order valence-corrected chi connectivity index (χ0v) is 16.2.